The number of hydrogen-bond acceptors (Lipinski definition) is 4. The van der Waals surface area contributed by atoms with Crippen LogP contribution in [0.2, 0.25) is 0 Å². The van der Waals surface area contributed by atoms with Crippen LogP contribution in [0.1, 0.15) is 15.9 Å². The second-order valence-electron chi connectivity index (χ2n) is 4.72. The van der Waals surface area contributed by atoms with Gasteiger partial charge in [0, 0.05) is 13.3 Å². The van der Waals surface area contributed by atoms with E-state index in [0.717, 1.165) is 0 Å². The van der Waals surface area contributed by atoms with Crippen LogP contribution in [0.3, 0.4) is 0 Å². The summed E-state index contributed by atoms with van der Waals surface area (Å²) in [5, 5.41) is 15.8. The fraction of sp³-hybridized carbons (Fsp3) is 0.267. The van der Waals surface area contributed by atoms with Crippen molar-refractivity contribution in [1.82, 2.24) is 9.78 Å². The maximum atomic E-state index is 12.0. The molecule has 1 aromatic heterocycles. The number of nitrogens with zero attached hydrogens (tertiary/aromatic N) is 2. The number of aromatic nitrogens is 2. The summed E-state index contributed by atoms with van der Waals surface area (Å²) in [4.78, 5) is 22.9. The first-order chi connectivity index (χ1) is 10.6. The zero-order valence-corrected chi connectivity index (χ0v) is 12.2. The van der Waals surface area contributed by atoms with Gasteiger partial charge in [-0.2, -0.15) is 5.10 Å². The standard InChI is InChI=1S/C15H17N3O4/c1-22-6-5-18-10-13(9-16-18)17-14(19)8-11-3-2-4-12(7-11)15(20)21/h2-4,7,9-10H,5-6,8H2,1H3,(H,17,19)(H,20,21). The van der Waals surface area contributed by atoms with Gasteiger partial charge in [0.05, 0.1) is 37.0 Å². The molecule has 116 valence electrons. The van der Waals surface area contributed by atoms with Crippen LogP contribution in [0.25, 0.3) is 0 Å². The fourth-order valence-corrected chi connectivity index (χ4v) is 1.94. The molecular weight excluding hydrogens is 286 g/mol. The molecule has 0 atom stereocenters. The lowest BCUT2D eigenvalue weighted by molar-refractivity contribution is -0.115. The number of methoxy groups -OCH3 is 1. The van der Waals surface area contributed by atoms with Crippen molar-refractivity contribution in [1.29, 1.82) is 0 Å². The number of carboxylic acids is 1. The van der Waals surface area contributed by atoms with Crippen molar-refractivity contribution in [3.63, 3.8) is 0 Å². The summed E-state index contributed by atoms with van der Waals surface area (Å²) in [7, 11) is 1.61. The summed E-state index contributed by atoms with van der Waals surface area (Å²) in [6.45, 7) is 1.14. The highest BCUT2D eigenvalue weighted by Gasteiger charge is 2.08. The predicted molar refractivity (Wildman–Crippen MR) is 79.8 cm³/mol. The Bertz CT molecular complexity index is 666. The molecule has 0 bridgehead atoms. The summed E-state index contributed by atoms with van der Waals surface area (Å²) in [5.41, 5.74) is 1.40. The van der Waals surface area contributed by atoms with Gasteiger partial charge < -0.3 is 15.2 Å². The summed E-state index contributed by atoms with van der Waals surface area (Å²) in [6.07, 6.45) is 3.37. The third kappa shape index (κ3) is 4.42. The van der Waals surface area contributed by atoms with Gasteiger partial charge in [-0.3, -0.25) is 9.48 Å². The lowest BCUT2D eigenvalue weighted by Crippen LogP contribution is -2.14. The van der Waals surface area contributed by atoms with E-state index >= 15 is 0 Å². The number of carbonyl (C=O) groups excluding carboxylic acids is 1. The van der Waals surface area contributed by atoms with E-state index in [1.807, 2.05) is 0 Å². The van der Waals surface area contributed by atoms with E-state index in [-0.39, 0.29) is 17.9 Å². The van der Waals surface area contributed by atoms with Crippen molar-refractivity contribution in [3.05, 3.63) is 47.8 Å². The summed E-state index contributed by atoms with van der Waals surface area (Å²) < 4.78 is 6.62. The number of aromatic carboxylic acids is 1. The molecule has 0 unspecified atom stereocenters. The van der Waals surface area contributed by atoms with Crippen molar-refractivity contribution in [2.24, 2.45) is 0 Å². The van der Waals surface area contributed by atoms with Crippen LogP contribution < -0.4 is 5.32 Å². The minimum absolute atomic E-state index is 0.102. The van der Waals surface area contributed by atoms with Gasteiger partial charge in [0.15, 0.2) is 0 Å². The van der Waals surface area contributed by atoms with E-state index in [4.69, 9.17) is 9.84 Å². The molecule has 0 aliphatic carbocycles. The molecule has 1 aromatic carbocycles. The first kappa shape index (κ1) is 15.7. The number of hydrogen-bond donors (Lipinski definition) is 2. The molecule has 2 N–H and O–H groups in total. The smallest absolute Gasteiger partial charge is 0.335 e. The molecule has 1 amide bonds. The molecule has 0 aliphatic heterocycles. The normalized spacial score (nSPS) is 10.4. The van der Waals surface area contributed by atoms with E-state index < -0.39 is 5.97 Å². The Hall–Kier alpha value is -2.67. The van der Waals surface area contributed by atoms with Crippen molar-refractivity contribution in [2.75, 3.05) is 19.0 Å². The molecule has 2 aromatic rings. The Kier molecular flexibility index (Phi) is 5.26. The third-order valence-corrected chi connectivity index (χ3v) is 2.98. The van der Waals surface area contributed by atoms with Crippen LogP contribution in [-0.4, -0.2) is 40.5 Å². The Morgan fingerprint density at radius 1 is 1.41 bits per heavy atom. The zero-order valence-electron chi connectivity index (χ0n) is 12.2. The Morgan fingerprint density at radius 2 is 2.23 bits per heavy atom. The molecule has 2 rings (SSSR count). The molecule has 7 nitrogen and oxygen atoms in total. The van der Waals surface area contributed by atoms with Crippen molar-refractivity contribution in [2.45, 2.75) is 13.0 Å². The van der Waals surface area contributed by atoms with Gasteiger partial charge in [-0.05, 0) is 17.7 Å². The number of carboxylic acid groups (broad SMARTS) is 1. The van der Waals surface area contributed by atoms with E-state index in [1.54, 1.807) is 36.3 Å². The molecule has 0 saturated carbocycles. The Morgan fingerprint density at radius 3 is 2.95 bits per heavy atom. The molecule has 0 fully saturated rings. The average Bonchev–Trinajstić information content (AvgIpc) is 2.92. The van der Waals surface area contributed by atoms with Crippen molar-refractivity contribution in [3.8, 4) is 0 Å². The molecule has 1 heterocycles. The molecule has 0 radical (unpaired) electrons. The summed E-state index contributed by atoms with van der Waals surface area (Å²) in [6, 6.07) is 6.32. The van der Waals surface area contributed by atoms with Gasteiger partial charge in [-0.1, -0.05) is 12.1 Å². The van der Waals surface area contributed by atoms with Gasteiger partial charge in [0.2, 0.25) is 5.91 Å². The molecular formula is C15H17N3O4. The topological polar surface area (TPSA) is 93.5 Å². The molecule has 0 saturated heterocycles. The molecule has 7 heteroatoms. The zero-order chi connectivity index (χ0) is 15.9. The Balaban J connectivity index is 1.93. The lowest BCUT2D eigenvalue weighted by atomic mass is 10.1. The van der Waals surface area contributed by atoms with Crippen LogP contribution in [0.15, 0.2) is 36.7 Å². The minimum Gasteiger partial charge on any atom is -0.478 e. The molecule has 0 spiro atoms. The highest BCUT2D eigenvalue weighted by Crippen LogP contribution is 2.09. The number of anilines is 1. The van der Waals surface area contributed by atoms with Gasteiger partial charge in [0.1, 0.15) is 0 Å². The largest absolute Gasteiger partial charge is 0.478 e. The lowest BCUT2D eigenvalue weighted by Gasteiger charge is -2.04. The van der Waals surface area contributed by atoms with Crippen LogP contribution in [0, 0.1) is 0 Å². The van der Waals surface area contributed by atoms with Crippen molar-refractivity contribution < 1.29 is 19.4 Å². The van der Waals surface area contributed by atoms with Crippen LogP contribution in [-0.2, 0) is 22.5 Å². The first-order valence-electron chi connectivity index (χ1n) is 6.72. The van der Waals surface area contributed by atoms with Crippen LogP contribution in [0.5, 0.6) is 0 Å². The van der Waals surface area contributed by atoms with E-state index in [1.165, 1.54) is 12.1 Å². The highest BCUT2D eigenvalue weighted by atomic mass is 16.5. The highest BCUT2D eigenvalue weighted by molar-refractivity contribution is 5.93. The second-order valence-corrected chi connectivity index (χ2v) is 4.72. The number of nitrogens with one attached hydrogen (secondary N) is 1. The third-order valence-electron chi connectivity index (χ3n) is 2.98. The SMILES string of the molecule is COCCn1cc(NC(=O)Cc2cccc(C(=O)O)c2)cn1. The number of rotatable bonds is 7. The first-order valence-corrected chi connectivity index (χ1v) is 6.72. The van der Waals surface area contributed by atoms with Gasteiger partial charge >= 0.3 is 5.97 Å². The van der Waals surface area contributed by atoms with E-state index in [2.05, 4.69) is 10.4 Å². The quantitative estimate of drug-likeness (QED) is 0.806. The monoisotopic (exact) mass is 303 g/mol. The van der Waals surface area contributed by atoms with Crippen LogP contribution in [0.4, 0.5) is 5.69 Å². The number of ether oxygens (including phenoxy) is 1. The molecule has 22 heavy (non-hydrogen) atoms. The number of amides is 1. The van der Waals surface area contributed by atoms with Crippen LogP contribution >= 0.6 is 0 Å². The maximum Gasteiger partial charge on any atom is 0.335 e. The predicted octanol–water partition coefficient (Wildman–Crippen LogP) is 1.41. The molecule has 0 aliphatic rings. The fourth-order valence-electron chi connectivity index (χ4n) is 1.94. The van der Waals surface area contributed by atoms with Crippen molar-refractivity contribution >= 4 is 17.6 Å². The number of benzene rings is 1. The van der Waals surface area contributed by atoms with Gasteiger partial charge in [-0.15, -0.1) is 0 Å². The average molecular weight is 303 g/mol. The Labute approximate surface area is 127 Å². The van der Waals surface area contributed by atoms with Gasteiger partial charge in [0.25, 0.3) is 0 Å². The summed E-state index contributed by atoms with van der Waals surface area (Å²) >= 11 is 0. The van der Waals surface area contributed by atoms with Gasteiger partial charge in [-0.25, -0.2) is 4.79 Å². The van der Waals surface area contributed by atoms with E-state index in [9.17, 15) is 9.59 Å². The summed E-state index contributed by atoms with van der Waals surface area (Å²) in [5.74, 6) is -1.24. The maximum absolute atomic E-state index is 12.0. The minimum atomic E-state index is -1.01. The van der Waals surface area contributed by atoms with E-state index in [0.29, 0.717) is 24.4 Å². The second kappa shape index (κ2) is 7.37. The number of carbonyl (C=O) groups is 2.